The minimum absolute atomic E-state index is 0.124. The number of hydrogen-bond acceptors (Lipinski definition) is 4. The van der Waals surface area contributed by atoms with E-state index in [2.05, 4.69) is 11.9 Å². The highest BCUT2D eigenvalue weighted by Crippen LogP contribution is 2.29. The van der Waals surface area contributed by atoms with E-state index in [1.165, 1.54) is 6.07 Å². The molecule has 0 atom stereocenters. The molecule has 25 heavy (non-hydrogen) atoms. The molecule has 0 radical (unpaired) electrons. The van der Waals surface area contributed by atoms with Crippen LogP contribution in [-0.4, -0.2) is 10.8 Å². The highest BCUT2D eigenvalue weighted by molar-refractivity contribution is 6.04. The molecule has 1 aromatic heterocycles. The smallest absolute Gasteiger partial charge is 0.395 e. The summed E-state index contributed by atoms with van der Waals surface area (Å²) in [5.74, 6) is -1.15. The minimum Gasteiger partial charge on any atom is -0.395 e. The molecule has 0 spiro atoms. The van der Waals surface area contributed by atoms with Crippen LogP contribution in [0.1, 0.15) is 16.1 Å². The number of rotatable bonds is 5. The van der Waals surface area contributed by atoms with Gasteiger partial charge in [0.25, 0.3) is 5.91 Å². The second kappa shape index (κ2) is 6.84. The van der Waals surface area contributed by atoms with E-state index in [1.54, 1.807) is 18.2 Å². The summed E-state index contributed by atoms with van der Waals surface area (Å²) in [5.41, 5.74) is 3.27. The van der Waals surface area contributed by atoms with Crippen molar-refractivity contribution in [2.75, 3.05) is 5.32 Å². The third-order valence-electron chi connectivity index (χ3n) is 3.60. The summed E-state index contributed by atoms with van der Waals surface area (Å²) in [4.78, 5) is 22.3. The molecule has 1 N–H and O–H groups in total. The maximum absolute atomic E-state index is 12.3. The summed E-state index contributed by atoms with van der Waals surface area (Å²) in [6, 6.07) is 17.4. The Balaban J connectivity index is 1.91. The van der Waals surface area contributed by atoms with Crippen molar-refractivity contribution in [2.24, 2.45) is 0 Å². The number of carbonyl (C=O) groups is 1. The van der Waals surface area contributed by atoms with E-state index in [9.17, 15) is 14.9 Å². The van der Waals surface area contributed by atoms with Crippen LogP contribution in [0.5, 0.6) is 0 Å². The van der Waals surface area contributed by atoms with Gasteiger partial charge in [-0.15, -0.1) is 0 Å². The fraction of sp³-hybridized carbons (Fsp3) is 0. The molecule has 1 heterocycles. The average Bonchev–Trinajstić information content (AvgIpc) is 3.13. The van der Waals surface area contributed by atoms with E-state index < -0.39 is 16.7 Å². The first kappa shape index (κ1) is 16.2. The summed E-state index contributed by atoms with van der Waals surface area (Å²) in [7, 11) is 0. The molecule has 0 aliphatic carbocycles. The van der Waals surface area contributed by atoms with Gasteiger partial charge in [-0.25, -0.2) is 0 Å². The molecular weight excluding hydrogens is 320 g/mol. The molecule has 0 aliphatic rings. The third-order valence-corrected chi connectivity index (χ3v) is 3.60. The lowest BCUT2D eigenvalue weighted by molar-refractivity contribution is -0.402. The highest BCUT2D eigenvalue weighted by atomic mass is 16.6. The number of amides is 1. The van der Waals surface area contributed by atoms with Crippen molar-refractivity contribution < 1.29 is 14.1 Å². The van der Waals surface area contributed by atoms with Gasteiger partial charge < -0.3 is 9.73 Å². The summed E-state index contributed by atoms with van der Waals surface area (Å²) in [6.07, 6.45) is 1.74. The molecule has 0 saturated heterocycles. The van der Waals surface area contributed by atoms with E-state index in [-0.39, 0.29) is 5.76 Å². The summed E-state index contributed by atoms with van der Waals surface area (Å²) >= 11 is 0. The number of nitrogens with one attached hydrogen (secondary N) is 1. The standard InChI is InChI=1S/C19H14N2O4/c1-2-13-6-5-7-14(12-13)15-8-3-4-9-16(15)20-19(22)17-10-11-18(25-17)21(23)24/h2-12H,1H2,(H,20,22). The highest BCUT2D eigenvalue weighted by Gasteiger charge is 2.18. The Hall–Kier alpha value is -3.67. The van der Waals surface area contributed by atoms with Crippen molar-refractivity contribution in [3.05, 3.63) is 88.7 Å². The van der Waals surface area contributed by atoms with Gasteiger partial charge in [0, 0.05) is 11.3 Å². The predicted molar refractivity (Wildman–Crippen MR) is 95.3 cm³/mol. The molecule has 2 aromatic carbocycles. The molecule has 6 heteroatoms. The van der Waals surface area contributed by atoms with Gasteiger partial charge in [-0.2, -0.15) is 0 Å². The lowest BCUT2D eigenvalue weighted by Crippen LogP contribution is -2.11. The third kappa shape index (κ3) is 3.48. The van der Waals surface area contributed by atoms with Gasteiger partial charge in [-0.05, 0) is 29.3 Å². The van der Waals surface area contributed by atoms with Crippen molar-refractivity contribution in [2.45, 2.75) is 0 Å². The first-order chi connectivity index (χ1) is 12.1. The molecule has 0 aliphatic heterocycles. The SMILES string of the molecule is C=Cc1cccc(-c2ccccc2NC(=O)c2ccc([N+](=O)[O-])o2)c1. The van der Waals surface area contributed by atoms with Crippen LogP contribution in [0.25, 0.3) is 17.2 Å². The zero-order valence-electron chi connectivity index (χ0n) is 13.1. The number of nitro groups is 1. The maximum atomic E-state index is 12.3. The van der Waals surface area contributed by atoms with Gasteiger partial charge in [0.1, 0.15) is 4.92 Å². The number of hydrogen-bond donors (Lipinski definition) is 1. The summed E-state index contributed by atoms with van der Waals surface area (Å²) in [6.45, 7) is 3.76. The molecule has 3 rings (SSSR count). The first-order valence-electron chi connectivity index (χ1n) is 7.46. The molecule has 1 amide bonds. The number of benzene rings is 2. The van der Waals surface area contributed by atoms with Crippen molar-refractivity contribution in [3.63, 3.8) is 0 Å². The first-order valence-corrected chi connectivity index (χ1v) is 7.46. The molecule has 3 aromatic rings. The van der Waals surface area contributed by atoms with E-state index in [0.717, 1.165) is 22.8 Å². The van der Waals surface area contributed by atoms with Gasteiger partial charge in [-0.3, -0.25) is 14.9 Å². The average molecular weight is 334 g/mol. The van der Waals surface area contributed by atoms with Crippen LogP contribution in [0, 0.1) is 10.1 Å². The van der Waals surface area contributed by atoms with Crippen molar-refractivity contribution in [3.8, 4) is 11.1 Å². The summed E-state index contributed by atoms with van der Waals surface area (Å²) < 4.78 is 4.94. The number of carbonyl (C=O) groups excluding carboxylic acids is 1. The van der Waals surface area contributed by atoms with Gasteiger partial charge in [0.15, 0.2) is 5.76 Å². The van der Waals surface area contributed by atoms with Gasteiger partial charge in [0.05, 0.1) is 6.07 Å². The zero-order chi connectivity index (χ0) is 17.8. The van der Waals surface area contributed by atoms with Gasteiger partial charge >= 0.3 is 5.88 Å². The topological polar surface area (TPSA) is 85.4 Å². The van der Waals surface area contributed by atoms with Crippen LogP contribution in [0.3, 0.4) is 0 Å². The lowest BCUT2D eigenvalue weighted by Gasteiger charge is -2.11. The van der Waals surface area contributed by atoms with Crippen molar-refractivity contribution >= 4 is 23.6 Å². The molecule has 124 valence electrons. The fourth-order valence-electron chi connectivity index (χ4n) is 2.41. The van der Waals surface area contributed by atoms with Crippen molar-refractivity contribution in [1.29, 1.82) is 0 Å². The molecule has 6 nitrogen and oxygen atoms in total. The fourth-order valence-corrected chi connectivity index (χ4v) is 2.41. The van der Waals surface area contributed by atoms with Crippen LogP contribution in [0.2, 0.25) is 0 Å². The van der Waals surface area contributed by atoms with E-state index in [1.807, 2.05) is 36.4 Å². The Labute approximate surface area is 143 Å². The van der Waals surface area contributed by atoms with Crippen LogP contribution in [0.4, 0.5) is 11.6 Å². The Morgan fingerprint density at radius 2 is 1.92 bits per heavy atom. The van der Waals surface area contributed by atoms with E-state index in [4.69, 9.17) is 4.42 Å². The molecule has 0 unspecified atom stereocenters. The Morgan fingerprint density at radius 1 is 1.12 bits per heavy atom. The van der Waals surface area contributed by atoms with Crippen LogP contribution < -0.4 is 5.32 Å². The molecule has 0 bridgehead atoms. The monoisotopic (exact) mass is 334 g/mol. The predicted octanol–water partition coefficient (Wildman–Crippen LogP) is 4.75. The Bertz CT molecular complexity index is 959. The van der Waals surface area contributed by atoms with Gasteiger partial charge in [-0.1, -0.05) is 49.1 Å². The maximum Gasteiger partial charge on any atom is 0.433 e. The number of furan rings is 1. The normalized spacial score (nSPS) is 10.2. The second-order valence-corrected chi connectivity index (χ2v) is 5.22. The Kier molecular flexibility index (Phi) is 4.43. The number of nitrogens with zero attached hydrogens (tertiary/aromatic N) is 1. The van der Waals surface area contributed by atoms with Crippen LogP contribution >= 0.6 is 0 Å². The number of anilines is 1. The number of para-hydroxylation sites is 1. The molecular formula is C19H14N2O4. The minimum atomic E-state index is -0.689. The van der Waals surface area contributed by atoms with E-state index in [0.29, 0.717) is 5.69 Å². The zero-order valence-corrected chi connectivity index (χ0v) is 13.1. The van der Waals surface area contributed by atoms with Crippen LogP contribution in [0.15, 0.2) is 71.7 Å². The largest absolute Gasteiger partial charge is 0.433 e. The van der Waals surface area contributed by atoms with Gasteiger partial charge in [0.2, 0.25) is 0 Å². The lowest BCUT2D eigenvalue weighted by atomic mass is 10.0. The second-order valence-electron chi connectivity index (χ2n) is 5.22. The van der Waals surface area contributed by atoms with E-state index >= 15 is 0 Å². The Morgan fingerprint density at radius 3 is 2.64 bits per heavy atom. The van der Waals surface area contributed by atoms with Crippen LogP contribution in [-0.2, 0) is 0 Å². The molecule has 0 fully saturated rings. The summed E-state index contributed by atoms with van der Waals surface area (Å²) in [5, 5.41) is 13.4. The molecule has 0 saturated carbocycles. The quantitative estimate of drug-likeness (QED) is 0.539. The van der Waals surface area contributed by atoms with Crippen molar-refractivity contribution in [1.82, 2.24) is 0 Å².